The fourth-order valence-corrected chi connectivity index (χ4v) is 2.37. The molecular weight excluding hydrogens is 229 g/mol. The highest BCUT2D eigenvalue weighted by Gasteiger charge is 2.18. The van der Waals surface area contributed by atoms with Gasteiger partial charge in [-0.05, 0) is 25.0 Å². The topological polar surface area (TPSA) is 69.5 Å². The van der Waals surface area contributed by atoms with Crippen LogP contribution in [-0.2, 0) is 0 Å². The molecule has 0 aromatic carbocycles. The highest BCUT2D eigenvalue weighted by molar-refractivity contribution is 6.61. The van der Waals surface area contributed by atoms with Crippen molar-refractivity contribution in [2.45, 2.75) is 12.8 Å². The molecule has 3 heterocycles. The van der Waals surface area contributed by atoms with E-state index in [1.165, 1.54) is 19.0 Å². The van der Waals surface area contributed by atoms with Gasteiger partial charge in [0.25, 0.3) is 0 Å². The summed E-state index contributed by atoms with van der Waals surface area (Å²) in [6, 6.07) is 3.89. The third kappa shape index (κ3) is 1.93. The number of rotatable bonds is 2. The van der Waals surface area contributed by atoms with Crippen LogP contribution < -0.4 is 10.4 Å². The van der Waals surface area contributed by atoms with Crippen LogP contribution in [-0.4, -0.2) is 40.2 Å². The zero-order valence-electron chi connectivity index (χ0n) is 9.95. The number of hydrogen-bond acceptors (Lipinski definition) is 5. The van der Waals surface area contributed by atoms with Gasteiger partial charge in [-0.3, -0.25) is 4.98 Å². The predicted octanol–water partition coefficient (Wildman–Crippen LogP) is -0.0902. The molecule has 6 heteroatoms. The second kappa shape index (κ2) is 4.55. The molecule has 0 bridgehead atoms. The van der Waals surface area contributed by atoms with E-state index in [1.807, 2.05) is 12.1 Å². The second-order valence-electron chi connectivity index (χ2n) is 4.54. The minimum Gasteiger partial charge on any atom is -0.423 e. The van der Waals surface area contributed by atoms with Gasteiger partial charge in [-0.15, -0.1) is 0 Å². The molecule has 0 aliphatic carbocycles. The van der Waals surface area contributed by atoms with Crippen molar-refractivity contribution >= 4 is 29.3 Å². The molecule has 2 N–H and O–H groups in total. The van der Waals surface area contributed by atoms with Crippen molar-refractivity contribution in [2.75, 3.05) is 18.0 Å². The van der Waals surface area contributed by atoms with Gasteiger partial charge < -0.3 is 14.9 Å². The molecule has 5 nitrogen and oxygen atoms in total. The van der Waals surface area contributed by atoms with E-state index in [1.54, 1.807) is 6.20 Å². The maximum atomic E-state index is 9.34. The quantitative estimate of drug-likeness (QED) is 0.721. The van der Waals surface area contributed by atoms with Crippen LogP contribution in [0.2, 0.25) is 0 Å². The maximum Gasteiger partial charge on any atom is 0.492 e. The summed E-state index contributed by atoms with van der Waals surface area (Å²) in [6.07, 6.45) is 5.51. The monoisotopic (exact) mass is 243 g/mol. The lowest BCUT2D eigenvalue weighted by atomic mass is 9.80. The lowest BCUT2D eigenvalue weighted by Crippen LogP contribution is -2.31. The minimum absolute atomic E-state index is 0.355. The molecule has 0 atom stereocenters. The maximum absolute atomic E-state index is 9.34. The summed E-state index contributed by atoms with van der Waals surface area (Å²) in [6.45, 7) is 2.03. The largest absolute Gasteiger partial charge is 0.492 e. The summed E-state index contributed by atoms with van der Waals surface area (Å²) in [5.41, 5.74) is 0.970. The Balaban J connectivity index is 2.11. The normalized spacial score (nSPS) is 15.3. The second-order valence-corrected chi connectivity index (χ2v) is 4.54. The number of hydrogen-bond donors (Lipinski definition) is 2. The Kier molecular flexibility index (Phi) is 2.89. The zero-order valence-corrected chi connectivity index (χ0v) is 9.95. The molecule has 0 spiro atoms. The van der Waals surface area contributed by atoms with Gasteiger partial charge in [0.15, 0.2) is 0 Å². The molecule has 0 amide bonds. The number of anilines is 1. The van der Waals surface area contributed by atoms with E-state index in [0.29, 0.717) is 11.0 Å². The molecular formula is C12H14BN3O2. The Labute approximate surface area is 105 Å². The van der Waals surface area contributed by atoms with Crippen molar-refractivity contribution in [2.24, 2.45) is 0 Å². The minimum atomic E-state index is -1.54. The Morgan fingerprint density at radius 2 is 1.89 bits per heavy atom. The van der Waals surface area contributed by atoms with Crippen LogP contribution >= 0.6 is 0 Å². The van der Waals surface area contributed by atoms with Gasteiger partial charge in [-0.2, -0.15) is 0 Å². The average Bonchev–Trinajstić information content (AvgIpc) is 2.91. The molecule has 0 radical (unpaired) electrons. The Bertz CT molecular complexity index is 570. The average molecular weight is 243 g/mol. The SMILES string of the molecule is OB(O)c1cncc2ccc(N3CCCC3)nc12. The van der Waals surface area contributed by atoms with Crippen LogP contribution in [0.25, 0.3) is 10.9 Å². The third-order valence-electron chi connectivity index (χ3n) is 3.32. The molecule has 1 aliphatic rings. The first kappa shape index (κ1) is 11.4. The molecule has 92 valence electrons. The number of nitrogens with zero attached hydrogens (tertiary/aromatic N) is 3. The molecule has 1 saturated heterocycles. The van der Waals surface area contributed by atoms with E-state index < -0.39 is 7.12 Å². The zero-order chi connectivity index (χ0) is 12.5. The standard InChI is InChI=1S/C12H14BN3O2/c17-13(18)10-8-14-7-9-3-4-11(15-12(9)10)16-5-1-2-6-16/h3-4,7-8,17-18H,1-2,5-6H2. The van der Waals surface area contributed by atoms with Crippen molar-refractivity contribution in [3.8, 4) is 0 Å². The van der Waals surface area contributed by atoms with E-state index in [0.717, 1.165) is 24.3 Å². The molecule has 3 rings (SSSR count). The van der Waals surface area contributed by atoms with Crippen LogP contribution in [0.1, 0.15) is 12.8 Å². The molecule has 2 aromatic rings. The highest BCUT2D eigenvalue weighted by Crippen LogP contribution is 2.20. The lowest BCUT2D eigenvalue weighted by molar-refractivity contribution is 0.426. The van der Waals surface area contributed by atoms with Gasteiger partial charge in [0.1, 0.15) is 5.82 Å². The van der Waals surface area contributed by atoms with Gasteiger partial charge in [0, 0.05) is 36.3 Å². The first-order chi connectivity index (χ1) is 8.75. The molecule has 1 aliphatic heterocycles. The predicted molar refractivity (Wildman–Crippen MR) is 70.8 cm³/mol. The molecule has 0 saturated carbocycles. The van der Waals surface area contributed by atoms with Crippen molar-refractivity contribution in [3.05, 3.63) is 24.5 Å². The number of aromatic nitrogens is 2. The van der Waals surface area contributed by atoms with Crippen molar-refractivity contribution in [3.63, 3.8) is 0 Å². The van der Waals surface area contributed by atoms with Crippen LogP contribution in [0, 0.1) is 0 Å². The molecule has 18 heavy (non-hydrogen) atoms. The van der Waals surface area contributed by atoms with Crippen molar-refractivity contribution < 1.29 is 10.0 Å². The first-order valence-electron chi connectivity index (χ1n) is 6.11. The third-order valence-corrected chi connectivity index (χ3v) is 3.32. The summed E-state index contributed by atoms with van der Waals surface area (Å²) in [7, 11) is -1.54. The molecule has 2 aromatic heterocycles. The van der Waals surface area contributed by atoms with E-state index in [-0.39, 0.29) is 0 Å². The first-order valence-corrected chi connectivity index (χ1v) is 6.11. The van der Waals surface area contributed by atoms with E-state index in [9.17, 15) is 10.0 Å². The molecule has 1 fully saturated rings. The van der Waals surface area contributed by atoms with Crippen molar-refractivity contribution in [1.29, 1.82) is 0 Å². The van der Waals surface area contributed by atoms with Crippen LogP contribution in [0.15, 0.2) is 24.5 Å². The summed E-state index contributed by atoms with van der Waals surface area (Å²) in [4.78, 5) is 10.7. The van der Waals surface area contributed by atoms with Crippen LogP contribution in [0.4, 0.5) is 5.82 Å². The summed E-state index contributed by atoms with van der Waals surface area (Å²) < 4.78 is 0. The van der Waals surface area contributed by atoms with Crippen molar-refractivity contribution in [1.82, 2.24) is 9.97 Å². The summed E-state index contributed by atoms with van der Waals surface area (Å²) in [5.74, 6) is 0.896. The fourth-order valence-electron chi connectivity index (χ4n) is 2.37. The van der Waals surface area contributed by atoms with Gasteiger partial charge in [0.05, 0.1) is 5.52 Å². The van der Waals surface area contributed by atoms with Gasteiger partial charge in [0.2, 0.25) is 0 Å². The Morgan fingerprint density at radius 3 is 2.61 bits per heavy atom. The smallest absolute Gasteiger partial charge is 0.423 e. The summed E-state index contributed by atoms with van der Waals surface area (Å²) in [5, 5.41) is 19.5. The van der Waals surface area contributed by atoms with Gasteiger partial charge in [-0.1, -0.05) is 0 Å². The summed E-state index contributed by atoms with van der Waals surface area (Å²) >= 11 is 0. The molecule has 0 unspecified atom stereocenters. The lowest BCUT2D eigenvalue weighted by Gasteiger charge is -2.17. The van der Waals surface area contributed by atoms with E-state index in [2.05, 4.69) is 14.9 Å². The van der Waals surface area contributed by atoms with Crippen LogP contribution in [0.5, 0.6) is 0 Å². The van der Waals surface area contributed by atoms with E-state index in [4.69, 9.17) is 0 Å². The van der Waals surface area contributed by atoms with Crippen LogP contribution in [0.3, 0.4) is 0 Å². The Morgan fingerprint density at radius 1 is 1.11 bits per heavy atom. The Hall–Kier alpha value is -1.66. The number of fused-ring (bicyclic) bond motifs is 1. The van der Waals surface area contributed by atoms with Gasteiger partial charge in [-0.25, -0.2) is 4.98 Å². The number of pyridine rings is 2. The van der Waals surface area contributed by atoms with Gasteiger partial charge >= 0.3 is 7.12 Å². The van der Waals surface area contributed by atoms with E-state index >= 15 is 0 Å². The fraction of sp³-hybridized carbons (Fsp3) is 0.333. The highest BCUT2D eigenvalue weighted by atomic mass is 16.4.